The number of allylic oxidation sites excluding steroid dienone is 1. The number of aromatic nitrogens is 2. The van der Waals surface area contributed by atoms with Crippen LogP contribution in [0.25, 0.3) is 33.8 Å². The summed E-state index contributed by atoms with van der Waals surface area (Å²) < 4.78 is 45.6. The van der Waals surface area contributed by atoms with Crippen molar-refractivity contribution in [2.24, 2.45) is 0 Å². The van der Waals surface area contributed by atoms with Gasteiger partial charge in [-0.1, -0.05) is 12.1 Å². The molecular weight excluding hydrogens is 371 g/mol. The molecule has 0 aliphatic carbocycles. The molecule has 138 valence electrons. The Morgan fingerprint density at radius 2 is 2.00 bits per heavy atom. The number of rotatable bonds is 2. The Labute approximate surface area is 155 Å². The SMILES string of the molecule is N#C/C=C/c1ccc2ncc3oc(=O)n(-c4cccc(C(F)(F)F)c4)c3c2c1. The number of oxazole rings is 1. The van der Waals surface area contributed by atoms with E-state index in [1.54, 1.807) is 24.3 Å². The molecule has 0 saturated carbocycles. The molecule has 4 rings (SSSR count). The standard InChI is InChI=1S/C20H10F3N3O2/c21-20(22,23)13-4-1-5-14(10-13)26-18-15-9-12(3-2-8-24)6-7-16(15)25-11-17(18)28-19(26)27/h1-7,9-11H/b3-2+. The molecule has 2 heterocycles. The Balaban J connectivity index is 2.05. The minimum absolute atomic E-state index is 0.0315. The highest BCUT2D eigenvalue weighted by Gasteiger charge is 2.31. The average molecular weight is 381 g/mol. The summed E-state index contributed by atoms with van der Waals surface area (Å²) in [6, 6.07) is 11.5. The molecule has 2 aromatic carbocycles. The van der Waals surface area contributed by atoms with E-state index in [1.807, 2.05) is 6.07 Å². The maximum Gasteiger partial charge on any atom is 0.424 e. The summed E-state index contributed by atoms with van der Waals surface area (Å²) in [5.74, 6) is -0.818. The first-order valence-electron chi connectivity index (χ1n) is 8.06. The number of hydrogen-bond acceptors (Lipinski definition) is 4. The molecule has 0 aliphatic heterocycles. The summed E-state index contributed by atoms with van der Waals surface area (Å²) in [5, 5.41) is 9.21. The molecule has 0 amide bonds. The van der Waals surface area contributed by atoms with Crippen molar-refractivity contribution in [2.45, 2.75) is 6.18 Å². The fourth-order valence-electron chi connectivity index (χ4n) is 3.01. The maximum absolute atomic E-state index is 13.1. The van der Waals surface area contributed by atoms with Gasteiger partial charge in [-0.3, -0.25) is 4.98 Å². The molecule has 0 spiro atoms. The van der Waals surface area contributed by atoms with Crippen molar-refractivity contribution >= 4 is 28.1 Å². The number of benzene rings is 2. The minimum atomic E-state index is -4.54. The lowest BCUT2D eigenvalue weighted by atomic mass is 10.1. The number of hydrogen-bond donors (Lipinski definition) is 0. The molecule has 0 fully saturated rings. The van der Waals surface area contributed by atoms with Gasteiger partial charge >= 0.3 is 11.9 Å². The zero-order chi connectivity index (χ0) is 19.9. The number of halogens is 3. The normalized spacial score (nSPS) is 12.1. The topological polar surface area (TPSA) is 71.8 Å². The van der Waals surface area contributed by atoms with Crippen LogP contribution in [0.1, 0.15) is 11.1 Å². The predicted molar refractivity (Wildman–Crippen MR) is 96.8 cm³/mol. The summed E-state index contributed by atoms with van der Waals surface area (Å²) in [6.07, 6.45) is -0.318. The molecule has 0 bridgehead atoms. The summed E-state index contributed by atoms with van der Waals surface area (Å²) in [4.78, 5) is 16.7. The first-order valence-corrected chi connectivity index (χ1v) is 8.06. The Bertz CT molecular complexity index is 1340. The van der Waals surface area contributed by atoms with Gasteiger partial charge in [0.25, 0.3) is 0 Å². The number of alkyl halides is 3. The van der Waals surface area contributed by atoms with E-state index in [9.17, 15) is 18.0 Å². The lowest BCUT2D eigenvalue weighted by Gasteiger charge is -2.10. The second-order valence-electron chi connectivity index (χ2n) is 5.96. The third-order valence-electron chi connectivity index (χ3n) is 4.22. The van der Waals surface area contributed by atoms with E-state index < -0.39 is 17.5 Å². The van der Waals surface area contributed by atoms with Crippen LogP contribution in [0.15, 0.2) is 63.9 Å². The summed E-state index contributed by atoms with van der Waals surface area (Å²) >= 11 is 0. The smallest absolute Gasteiger partial charge is 0.406 e. The molecule has 4 aromatic rings. The van der Waals surface area contributed by atoms with Crippen molar-refractivity contribution in [2.75, 3.05) is 0 Å². The van der Waals surface area contributed by atoms with Crippen LogP contribution in [0.3, 0.4) is 0 Å². The summed E-state index contributed by atoms with van der Waals surface area (Å²) in [7, 11) is 0. The van der Waals surface area contributed by atoms with Crippen LogP contribution in [0.5, 0.6) is 0 Å². The van der Waals surface area contributed by atoms with E-state index in [0.29, 0.717) is 22.0 Å². The van der Waals surface area contributed by atoms with E-state index in [0.717, 1.165) is 16.7 Å². The van der Waals surface area contributed by atoms with Crippen molar-refractivity contribution in [3.8, 4) is 11.8 Å². The summed E-state index contributed by atoms with van der Waals surface area (Å²) in [6.45, 7) is 0. The van der Waals surface area contributed by atoms with E-state index >= 15 is 0 Å². The van der Waals surface area contributed by atoms with Crippen LogP contribution in [-0.4, -0.2) is 9.55 Å². The van der Waals surface area contributed by atoms with Crippen molar-refractivity contribution in [3.05, 3.63) is 76.4 Å². The molecule has 2 aromatic heterocycles. The second kappa shape index (κ2) is 6.39. The molecule has 0 saturated heterocycles. The van der Waals surface area contributed by atoms with Gasteiger partial charge in [-0.15, -0.1) is 0 Å². The second-order valence-corrected chi connectivity index (χ2v) is 5.96. The largest absolute Gasteiger partial charge is 0.424 e. The predicted octanol–water partition coefficient (Wildman–Crippen LogP) is 4.69. The van der Waals surface area contributed by atoms with Crippen molar-refractivity contribution in [3.63, 3.8) is 0 Å². The Morgan fingerprint density at radius 3 is 2.75 bits per heavy atom. The van der Waals surface area contributed by atoms with Crippen LogP contribution < -0.4 is 5.76 Å². The highest BCUT2D eigenvalue weighted by atomic mass is 19.4. The molecule has 5 nitrogen and oxygen atoms in total. The molecule has 0 radical (unpaired) electrons. The van der Waals surface area contributed by atoms with Gasteiger partial charge in [0.15, 0.2) is 5.58 Å². The third-order valence-corrected chi connectivity index (χ3v) is 4.22. The Hall–Kier alpha value is -3.86. The van der Waals surface area contributed by atoms with Crippen LogP contribution in [0.4, 0.5) is 13.2 Å². The average Bonchev–Trinajstić information content (AvgIpc) is 3.02. The van der Waals surface area contributed by atoms with Crippen LogP contribution in [-0.2, 0) is 6.18 Å². The molecular formula is C20H10F3N3O2. The fourth-order valence-corrected chi connectivity index (χ4v) is 3.01. The van der Waals surface area contributed by atoms with Gasteiger partial charge in [0.05, 0.1) is 29.0 Å². The highest BCUT2D eigenvalue weighted by Crippen LogP contribution is 2.32. The van der Waals surface area contributed by atoms with E-state index in [2.05, 4.69) is 4.98 Å². The number of nitriles is 1. The number of fused-ring (bicyclic) bond motifs is 3. The maximum atomic E-state index is 13.1. The quantitative estimate of drug-likeness (QED) is 0.473. The monoisotopic (exact) mass is 381 g/mol. The van der Waals surface area contributed by atoms with Gasteiger partial charge in [-0.05, 0) is 42.0 Å². The molecule has 0 aliphatic rings. The number of nitrogens with zero attached hydrogens (tertiary/aromatic N) is 3. The van der Waals surface area contributed by atoms with E-state index in [1.165, 1.54) is 24.4 Å². The van der Waals surface area contributed by atoms with Crippen molar-refractivity contribution < 1.29 is 17.6 Å². The van der Waals surface area contributed by atoms with E-state index in [4.69, 9.17) is 9.68 Å². The van der Waals surface area contributed by atoms with Gasteiger partial charge in [-0.2, -0.15) is 18.4 Å². The number of pyridine rings is 1. The minimum Gasteiger partial charge on any atom is -0.406 e. The van der Waals surface area contributed by atoms with Gasteiger partial charge in [-0.25, -0.2) is 9.36 Å². The van der Waals surface area contributed by atoms with Crippen LogP contribution in [0, 0.1) is 11.3 Å². The lowest BCUT2D eigenvalue weighted by Crippen LogP contribution is -2.13. The van der Waals surface area contributed by atoms with Gasteiger partial charge in [0, 0.05) is 11.5 Å². The molecule has 0 unspecified atom stereocenters. The highest BCUT2D eigenvalue weighted by molar-refractivity contribution is 6.02. The third kappa shape index (κ3) is 2.93. The van der Waals surface area contributed by atoms with Crippen molar-refractivity contribution in [1.82, 2.24) is 9.55 Å². The Morgan fingerprint density at radius 1 is 1.18 bits per heavy atom. The zero-order valence-corrected chi connectivity index (χ0v) is 14.1. The first kappa shape index (κ1) is 17.5. The molecule has 8 heteroatoms. The fraction of sp³-hybridized carbons (Fsp3) is 0.0500. The molecule has 0 atom stereocenters. The van der Waals surface area contributed by atoms with Gasteiger partial charge in [0.1, 0.15) is 5.52 Å². The summed E-state index contributed by atoms with van der Waals surface area (Å²) in [5.41, 5.74) is 0.819. The Kier molecular flexibility index (Phi) is 4.00. The van der Waals surface area contributed by atoms with Gasteiger partial charge < -0.3 is 4.42 Å². The van der Waals surface area contributed by atoms with Crippen LogP contribution >= 0.6 is 0 Å². The molecule has 0 N–H and O–H groups in total. The van der Waals surface area contributed by atoms with Gasteiger partial charge in [0.2, 0.25) is 0 Å². The molecule has 28 heavy (non-hydrogen) atoms. The first-order chi connectivity index (χ1) is 13.4. The zero-order valence-electron chi connectivity index (χ0n) is 14.1. The lowest BCUT2D eigenvalue weighted by molar-refractivity contribution is -0.137. The van der Waals surface area contributed by atoms with E-state index in [-0.39, 0.29) is 11.3 Å². The van der Waals surface area contributed by atoms with Crippen LogP contribution in [0.2, 0.25) is 0 Å². The van der Waals surface area contributed by atoms with Crippen molar-refractivity contribution in [1.29, 1.82) is 5.26 Å².